The molecule has 1 aromatic heterocycles. The van der Waals surface area contributed by atoms with Crippen LogP contribution in [0.2, 0.25) is 0 Å². The molecule has 2 amide bonds. The summed E-state index contributed by atoms with van der Waals surface area (Å²) in [5, 5.41) is 11.0. The third-order valence-corrected chi connectivity index (χ3v) is 4.58. The quantitative estimate of drug-likeness (QED) is 0.742. The van der Waals surface area contributed by atoms with Crippen LogP contribution in [0.4, 0.5) is 10.5 Å². The molecule has 1 unspecified atom stereocenters. The highest BCUT2D eigenvalue weighted by Gasteiger charge is 2.23. The van der Waals surface area contributed by atoms with Gasteiger partial charge in [-0.1, -0.05) is 25.1 Å². The number of amides is 2. The predicted molar refractivity (Wildman–Crippen MR) is 105 cm³/mol. The van der Waals surface area contributed by atoms with Crippen LogP contribution in [-0.4, -0.2) is 33.8 Å². The predicted octanol–water partition coefficient (Wildman–Crippen LogP) is 4.11. The van der Waals surface area contributed by atoms with E-state index in [0.29, 0.717) is 37.0 Å². The number of benzene rings is 2. The highest BCUT2D eigenvalue weighted by atomic mass is 16.5. The van der Waals surface area contributed by atoms with E-state index in [0.717, 1.165) is 16.9 Å². The summed E-state index contributed by atoms with van der Waals surface area (Å²) in [6.45, 7) is 4.95. The molecule has 144 valence electrons. The van der Waals surface area contributed by atoms with Crippen LogP contribution >= 0.6 is 0 Å². The number of rotatable bonds is 3. The van der Waals surface area contributed by atoms with Crippen LogP contribution in [0.15, 0.2) is 52.9 Å². The maximum atomic E-state index is 12.8. The van der Waals surface area contributed by atoms with E-state index in [9.17, 15) is 4.79 Å². The van der Waals surface area contributed by atoms with Crippen molar-refractivity contribution >= 4 is 11.7 Å². The first-order valence-electron chi connectivity index (χ1n) is 9.35. The average molecular weight is 378 g/mol. The van der Waals surface area contributed by atoms with Crippen LogP contribution in [0.5, 0.6) is 5.75 Å². The zero-order valence-electron chi connectivity index (χ0n) is 15.9. The highest BCUT2D eigenvalue weighted by molar-refractivity contribution is 5.89. The van der Waals surface area contributed by atoms with E-state index in [1.54, 1.807) is 4.90 Å². The molecule has 0 bridgehead atoms. The fraction of sp³-hybridized carbons (Fsp3) is 0.286. The lowest BCUT2D eigenvalue weighted by Gasteiger charge is -2.22. The lowest BCUT2D eigenvalue weighted by Crippen LogP contribution is -2.38. The van der Waals surface area contributed by atoms with Crippen molar-refractivity contribution in [3.8, 4) is 17.2 Å². The molecule has 2 aromatic carbocycles. The number of nitrogens with zero attached hydrogens (tertiary/aromatic N) is 3. The van der Waals surface area contributed by atoms with Crippen molar-refractivity contribution in [2.24, 2.45) is 0 Å². The number of urea groups is 1. The second kappa shape index (κ2) is 7.72. The summed E-state index contributed by atoms with van der Waals surface area (Å²) in [7, 11) is 0. The normalized spacial score (nSPS) is 16.1. The van der Waals surface area contributed by atoms with Crippen molar-refractivity contribution in [1.29, 1.82) is 0 Å². The smallest absolute Gasteiger partial charge is 0.322 e. The highest BCUT2D eigenvalue weighted by Crippen LogP contribution is 2.25. The van der Waals surface area contributed by atoms with Gasteiger partial charge in [0, 0.05) is 23.2 Å². The van der Waals surface area contributed by atoms with E-state index in [1.165, 1.54) is 0 Å². The minimum atomic E-state index is -0.161. The monoisotopic (exact) mass is 378 g/mol. The summed E-state index contributed by atoms with van der Waals surface area (Å²) in [5.41, 5.74) is 2.52. The zero-order chi connectivity index (χ0) is 19.5. The summed E-state index contributed by atoms with van der Waals surface area (Å²) in [5.74, 6) is 1.91. The number of ether oxygens (including phenoxy) is 1. The Hall–Kier alpha value is -3.35. The molecule has 4 rings (SSSR count). The number of carbonyl (C=O) groups is 1. The van der Waals surface area contributed by atoms with Gasteiger partial charge in [-0.05, 0) is 37.3 Å². The molecule has 2 heterocycles. The Bertz CT molecular complexity index is 968. The van der Waals surface area contributed by atoms with Gasteiger partial charge in [0.2, 0.25) is 11.8 Å². The Morgan fingerprint density at radius 3 is 2.71 bits per heavy atom. The first-order valence-corrected chi connectivity index (χ1v) is 9.35. The van der Waals surface area contributed by atoms with Gasteiger partial charge in [-0.25, -0.2) is 4.79 Å². The van der Waals surface area contributed by atoms with Crippen LogP contribution in [0, 0.1) is 0 Å². The Balaban J connectivity index is 1.46. The summed E-state index contributed by atoms with van der Waals surface area (Å²) in [6.07, 6.45) is 0.615. The minimum Gasteiger partial charge on any atom is -0.489 e. The standard InChI is InChI=1S/C21H22N4O3/c1-3-19-23-24-20(28-19)15-8-10-17(11-9-15)22-21(26)25-12-14(2)27-18-7-5-4-6-16(18)13-25/h4-11,14H,3,12-13H2,1-2H3,(H,22,26). The lowest BCUT2D eigenvalue weighted by molar-refractivity contribution is 0.167. The van der Waals surface area contributed by atoms with E-state index in [2.05, 4.69) is 15.5 Å². The minimum absolute atomic E-state index is 0.0814. The van der Waals surface area contributed by atoms with Crippen molar-refractivity contribution in [3.63, 3.8) is 0 Å². The Kier molecular flexibility index (Phi) is 4.97. The number of hydrogen-bond donors (Lipinski definition) is 1. The van der Waals surface area contributed by atoms with Gasteiger partial charge in [-0.3, -0.25) is 0 Å². The van der Waals surface area contributed by atoms with Gasteiger partial charge in [0.15, 0.2) is 0 Å². The molecular formula is C21H22N4O3. The Morgan fingerprint density at radius 1 is 1.18 bits per heavy atom. The molecule has 0 fully saturated rings. The number of hydrogen-bond acceptors (Lipinski definition) is 5. The number of fused-ring (bicyclic) bond motifs is 1. The van der Waals surface area contributed by atoms with Crippen molar-refractivity contribution in [3.05, 3.63) is 60.0 Å². The number of aromatic nitrogens is 2. The van der Waals surface area contributed by atoms with Crippen LogP contribution in [0.25, 0.3) is 11.5 Å². The molecule has 28 heavy (non-hydrogen) atoms. The largest absolute Gasteiger partial charge is 0.489 e. The molecule has 0 saturated heterocycles. The number of anilines is 1. The fourth-order valence-corrected chi connectivity index (χ4v) is 3.15. The van der Waals surface area contributed by atoms with Crippen molar-refractivity contribution < 1.29 is 13.9 Å². The third-order valence-electron chi connectivity index (χ3n) is 4.58. The summed E-state index contributed by atoms with van der Waals surface area (Å²) in [6, 6.07) is 15.0. The Labute approximate surface area is 163 Å². The molecule has 0 saturated carbocycles. The molecule has 7 nitrogen and oxygen atoms in total. The molecule has 1 aliphatic rings. The first-order chi connectivity index (χ1) is 13.6. The van der Waals surface area contributed by atoms with Crippen LogP contribution in [0.3, 0.4) is 0 Å². The number of aryl methyl sites for hydroxylation is 1. The van der Waals surface area contributed by atoms with Gasteiger partial charge >= 0.3 is 6.03 Å². The Morgan fingerprint density at radius 2 is 1.96 bits per heavy atom. The molecule has 0 radical (unpaired) electrons. The maximum absolute atomic E-state index is 12.8. The number of carbonyl (C=O) groups excluding carboxylic acids is 1. The van der Waals surface area contributed by atoms with Gasteiger partial charge in [-0.15, -0.1) is 10.2 Å². The van der Waals surface area contributed by atoms with Gasteiger partial charge in [0.1, 0.15) is 11.9 Å². The van der Waals surface area contributed by atoms with Crippen molar-refractivity contribution in [2.75, 3.05) is 11.9 Å². The molecule has 7 heteroatoms. The molecule has 0 spiro atoms. The van der Waals surface area contributed by atoms with E-state index >= 15 is 0 Å². The van der Waals surface area contributed by atoms with E-state index in [4.69, 9.17) is 9.15 Å². The number of nitrogens with one attached hydrogen (secondary N) is 1. The molecule has 1 atom stereocenters. The summed E-state index contributed by atoms with van der Waals surface area (Å²) in [4.78, 5) is 14.6. The topological polar surface area (TPSA) is 80.5 Å². The van der Waals surface area contributed by atoms with Crippen molar-refractivity contribution in [2.45, 2.75) is 32.9 Å². The molecule has 1 N–H and O–H groups in total. The second-order valence-corrected chi connectivity index (χ2v) is 6.78. The number of para-hydroxylation sites is 1. The van der Waals surface area contributed by atoms with Gasteiger partial charge < -0.3 is 19.4 Å². The molecule has 3 aromatic rings. The van der Waals surface area contributed by atoms with E-state index in [-0.39, 0.29) is 12.1 Å². The fourth-order valence-electron chi connectivity index (χ4n) is 3.15. The van der Waals surface area contributed by atoms with E-state index < -0.39 is 0 Å². The van der Waals surface area contributed by atoms with Crippen LogP contribution in [0.1, 0.15) is 25.3 Å². The zero-order valence-corrected chi connectivity index (χ0v) is 15.9. The average Bonchev–Trinajstić information content (AvgIpc) is 3.11. The lowest BCUT2D eigenvalue weighted by atomic mass is 10.2. The van der Waals surface area contributed by atoms with E-state index in [1.807, 2.05) is 62.4 Å². The summed E-state index contributed by atoms with van der Waals surface area (Å²) < 4.78 is 11.5. The summed E-state index contributed by atoms with van der Waals surface area (Å²) >= 11 is 0. The van der Waals surface area contributed by atoms with Crippen molar-refractivity contribution in [1.82, 2.24) is 15.1 Å². The SMILES string of the molecule is CCc1nnc(-c2ccc(NC(=O)N3Cc4ccccc4OC(C)C3)cc2)o1. The van der Waals surface area contributed by atoms with Crippen LogP contribution < -0.4 is 10.1 Å². The molecule has 1 aliphatic heterocycles. The second-order valence-electron chi connectivity index (χ2n) is 6.78. The maximum Gasteiger partial charge on any atom is 0.322 e. The van der Waals surface area contributed by atoms with Crippen LogP contribution in [-0.2, 0) is 13.0 Å². The molecule has 0 aliphatic carbocycles. The van der Waals surface area contributed by atoms with Gasteiger partial charge in [0.05, 0.1) is 13.1 Å². The molecular weight excluding hydrogens is 356 g/mol. The van der Waals surface area contributed by atoms with Gasteiger partial charge in [0.25, 0.3) is 0 Å². The van der Waals surface area contributed by atoms with Gasteiger partial charge in [-0.2, -0.15) is 0 Å². The first kappa shape index (κ1) is 18.0. The third kappa shape index (κ3) is 3.83.